The van der Waals surface area contributed by atoms with Gasteiger partial charge in [0.15, 0.2) is 0 Å². The van der Waals surface area contributed by atoms with Gasteiger partial charge in [-0.25, -0.2) is 13.6 Å². The minimum atomic E-state index is -0.567. The molecule has 2 fully saturated rings. The van der Waals surface area contributed by atoms with Crippen LogP contribution < -0.4 is 4.90 Å². The molecule has 1 aromatic carbocycles. The van der Waals surface area contributed by atoms with Gasteiger partial charge in [0, 0.05) is 25.6 Å². The van der Waals surface area contributed by atoms with Crippen LogP contribution >= 0.6 is 0 Å². The van der Waals surface area contributed by atoms with Crippen molar-refractivity contribution in [1.82, 2.24) is 4.90 Å². The summed E-state index contributed by atoms with van der Waals surface area (Å²) in [7, 11) is 0. The fourth-order valence-corrected chi connectivity index (χ4v) is 3.91. The van der Waals surface area contributed by atoms with Crippen molar-refractivity contribution in [3.05, 3.63) is 29.3 Å². The number of ether oxygens (including phenoxy) is 1. The highest BCUT2D eigenvalue weighted by Crippen LogP contribution is 2.35. The van der Waals surface area contributed by atoms with Gasteiger partial charge >= 0.3 is 6.09 Å². The Hall–Kier alpha value is -2.36. The van der Waals surface area contributed by atoms with Crippen molar-refractivity contribution in [2.45, 2.75) is 64.1 Å². The Balaban J connectivity index is 1.76. The Morgan fingerprint density at radius 2 is 1.85 bits per heavy atom. The number of anilines is 1. The number of carbonyl (C=O) groups is 1. The second-order valence-electron chi connectivity index (χ2n) is 8.23. The Morgan fingerprint density at radius 1 is 1.22 bits per heavy atom. The summed E-state index contributed by atoms with van der Waals surface area (Å²) in [6, 6.07) is 4.20. The quantitative estimate of drug-likeness (QED) is 0.799. The third kappa shape index (κ3) is 4.15. The largest absolute Gasteiger partial charge is 0.444 e. The van der Waals surface area contributed by atoms with E-state index in [9.17, 15) is 13.6 Å². The van der Waals surface area contributed by atoms with Crippen molar-refractivity contribution in [2.24, 2.45) is 0 Å². The Labute approximate surface area is 158 Å². The van der Waals surface area contributed by atoms with Crippen molar-refractivity contribution in [1.29, 1.82) is 5.26 Å². The third-order valence-electron chi connectivity index (χ3n) is 5.05. The number of piperazine rings is 1. The molecule has 0 aromatic heterocycles. The molecule has 0 radical (unpaired) electrons. The Morgan fingerprint density at radius 3 is 2.41 bits per heavy atom. The van der Waals surface area contributed by atoms with Crippen LogP contribution in [0.4, 0.5) is 19.3 Å². The molecule has 2 bridgehead atoms. The molecule has 7 heteroatoms. The van der Waals surface area contributed by atoms with Gasteiger partial charge in [0.25, 0.3) is 0 Å². The molecule has 3 rings (SSSR count). The summed E-state index contributed by atoms with van der Waals surface area (Å²) < 4.78 is 34.4. The van der Waals surface area contributed by atoms with Crippen LogP contribution in [0.25, 0.3) is 0 Å². The second-order valence-corrected chi connectivity index (χ2v) is 8.23. The number of hydrogen-bond acceptors (Lipinski definition) is 4. The zero-order chi connectivity index (χ0) is 19.8. The average molecular weight is 377 g/mol. The third-order valence-corrected chi connectivity index (χ3v) is 5.05. The van der Waals surface area contributed by atoms with Crippen molar-refractivity contribution in [3.63, 3.8) is 0 Å². The Kier molecular flexibility index (Phi) is 5.27. The van der Waals surface area contributed by atoms with Gasteiger partial charge in [-0.05, 0) is 51.7 Å². The SMILES string of the molecule is CC(C)(C)OC(=O)N1C2CCC1CN(c1cc(F)c(CCC#N)cc1F)C2. The van der Waals surface area contributed by atoms with Gasteiger partial charge in [-0.1, -0.05) is 0 Å². The predicted octanol–water partition coefficient (Wildman–Crippen LogP) is 4.01. The lowest BCUT2D eigenvalue weighted by Crippen LogP contribution is -2.57. The minimum absolute atomic E-state index is 0.0701. The summed E-state index contributed by atoms with van der Waals surface area (Å²) in [5, 5.41) is 8.63. The molecule has 2 unspecified atom stereocenters. The Bertz CT molecular complexity index is 756. The van der Waals surface area contributed by atoms with Crippen LogP contribution in [0, 0.1) is 23.0 Å². The van der Waals surface area contributed by atoms with Crippen LogP contribution in [0.2, 0.25) is 0 Å². The van der Waals surface area contributed by atoms with Crippen molar-refractivity contribution < 1.29 is 18.3 Å². The van der Waals surface area contributed by atoms with E-state index in [2.05, 4.69) is 0 Å². The molecular formula is C20H25F2N3O2. The fraction of sp³-hybridized carbons (Fsp3) is 0.600. The molecule has 2 aliphatic rings. The van der Waals surface area contributed by atoms with E-state index in [0.29, 0.717) is 13.1 Å². The molecule has 5 nitrogen and oxygen atoms in total. The number of halogens is 2. The molecule has 27 heavy (non-hydrogen) atoms. The van der Waals surface area contributed by atoms with E-state index in [1.165, 1.54) is 12.1 Å². The molecule has 1 aromatic rings. The molecule has 2 atom stereocenters. The molecular weight excluding hydrogens is 352 g/mol. The topological polar surface area (TPSA) is 56.6 Å². The summed E-state index contributed by atoms with van der Waals surface area (Å²) >= 11 is 0. The smallest absolute Gasteiger partial charge is 0.410 e. The van der Waals surface area contributed by atoms with Gasteiger partial charge < -0.3 is 9.64 Å². The predicted molar refractivity (Wildman–Crippen MR) is 97.4 cm³/mol. The first-order chi connectivity index (χ1) is 12.7. The van der Waals surface area contributed by atoms with Crippen LogP contribution in [-0.2, 0) is 11.2 Å². The summed E-state index contributed by atoms with van der Waals surface area (Å²) in [6.45, 7) is 6.38. The number of nitrogens with zero attached hydrogens (tertiary/aromatic N) is 3. The van der Waals surface area contributed by atoms with E-state index < -0.39 is 17.2 Å². The monoisotopic (exact) mass is 377 g/mol. The van der Waals surface area contributed by atoms with E-state index in [4.69, 9.17) is 10.00 Å². The van der Waals surface area contributed by atoms with Crippen molar-refractivity contribution >= 4 is 11.8 Å². The maximum atomic E-state index is 14.6. The zero-order valence-electron chi connectivity index (χ0n) is 16.0. The van der Waals surface area contributed by atoms with Crippen LogP contribution in [0.1, 0.15) is 45.6 Å². The minimum Gasteiger partial charge on any atom is -0.444 e. The van der Waals surface area contributed by atoms with E-state index in [-0.39, 0.29) is 42.3 Å². The highest BCUT2D eigenvalue weighted by atomic mass is 19.1. The standard InChI is InChI=1S/C20H25F2N3O2/c1-20(2,3)27-19(26)25-14-6-7-15(25)12-24(11-14)18-10-16(21)13(5-4-8-23)9-17(18)22/h9-10,14-15H,4-7,11-12H2,1-3H3. The number of rotatable bonds is 3. The highest BCUT2D eigenvalue weighted by Gasteiger charge is 2.44. The lowest BCUT2D eigenvalue weighted by atomic mass is 10.1. The maximum Gasteiger partial charge on any atom is 0.410 e. The number of nitriles is 1. The number of fused-ring (bicyclic) bond motifs is 2. The van der Waals surface area contributed by atoms with Gasteiger partial charge in [0.1, 0.15) is 17.2 Å². The number of aryl methyl sites for hydroxylation is 1. The molecule has 0 aliphatic carbocycles. The number of amides is 1. The average Bonchev–Trinajstić information content (AvgIpc) is 2.84. The van der Waals surface area contributed by atoms with Crippen LogP contribution in [0.3, 0.4) is 0 Å². The van der Waals surface area contributed by atoms with Crippen LogP contribution in [0.15, 0.2) is 12.1 Å². The first-order valence-electron chi connectivity index (χ1n) is 9.30. The molecule has 146 valence electrons. The van der Waals surface area contributed by atoms with Crippen molar-refractivity contribution in [2.75, 3.05) is 18.0 Å². The van der Waals surface area contributed by atoms with E-state index in [0.717, 1.165) is 12.8 Å². The van der Waals surface area contributed by atoms with Crippen LogP contribution in [0.5, 0.6) is 0 Å². The normalized spacial score (nSPS) is 21.9. The number of carbonyl (C=O) groups excluding carboxylic acids is 1. The van der Waals surface area contributed by atoms with Crippen LogP contribution in [-0.4, -0.2) is 41.8 Å². The molecule has 2 saturated heterocycles. The summed E-state index contributed by atoms with van der Waals surface area (Å²) in [6.07, 6.45) is 1.65. The lowest BCUT2D eigenvalue weighted by Gasteiger charge is -2.42. The fourth-order valence-electron chi connectivity index (χ4n) is 3.91. The summed E-state index contributed by atoms with van der Waals surface area (Å²) in [4.78, 5) is 16.1. The van der Waals surface area contributed by atoms with Gasteiger partial charge in [0.05, 0.1) is 23.8 Å². The number of hydrogen-bond donors (Lipinski definition) is 0. The molecule has 2 aliphatic heterocycles. The van der Waals surface area contributed by atoms with Gasteiger partial charge in [-0.3, -0.25) is 4.90 Å². The first kappa shape index (κ1) is 19.4. The zero-order valence-corrected chi connectivity index (χ0v) is 16.0. The molecule has 0 N–H and O–H groups in total. The first-order valence-corrected chi connectivity index (χ1v) is 9.30. The number of benzene rings is 1. The van der Waals surface area contributed by atoms with E-state index in [1.807, 2.05) is 31.7 Å². The lowest BCUT2D eigenvalue weighted by molar-refractivity contribution is 0.0123. The molecule has 0 spiro atoms. The van der Waals surface area contributed by atoms with Gasteiger partial charge in [-0.15, -0.1) is 0 Å². The molecule has 2 heterocycles. The van der Waals surface area contributed by atoms with Gasteiger partial charge in [-0.2, -0.15) is 5.26 Å². The van der Waals surface area contributed by atoms with E-state index >= 15 is 0 Å². The summed E-state index contributed by atoms with van der Waals surface area (Å²) in [5.74, 6) is -0.988. The van der Waals surface area contributed by atoms with E-state index in [1.54, 1.807) is 4.90 Å². The highest BCUT2D eigenvalue weighted by molar-refractivity contribution is 5.70. The molecule has 0 saturated carbocycles. The van der Waals surface area contributed by atoms with Gasteiger partial charge in [0.2, 0.25) is 0 Å². The second kappa shape index (κ2) is 7.34. The summed E-state index contributed by atoms with van der Waals surface area (Å²) in [5.41, 5.74) is -0.135. The molecule has 1 amide bonds. The maximum absolute atomic E-state index is 14.6. The van der Waals surface area contributed by atoms with Crippen molar-refractivity contribution in [3.8, 4) is 6.07 Å².